The van der Waals surface area contributed by atoms with Gasteiger partial charge in [-0.3, -0.25) is 4.98 Å². The summed E-state index contributed by atoms with van der Waals surface area (Å²) in [5, 5.41) is 0. The predicted octanol–water partition coefficient (Wildman–Crippen LogP) is 5.07. The van der Waals surface area contributed by atoms with Crippen molar-refractivity contribution in [3.05, 3.63) is 47.8 Å². The number of aromatic nitrogens is 1. The molecule has 42 heavy (non-hydrogen) atoms. The summed E-state index contributed by atoms with van der Waals surface area (Å²) in [6, 6.07) is 7.10. The molecule has 1 spiro atoms. The molecule has 232 valence electrons. The Morgan fingerprint density at radius 2 is 1.55 bits per heavy atom. The second-order valence-electron chi connectivity index (χ2n) is 12.4. The van der Waals surface area contributed by atoms with Crippen molar-refractivity contribution in [3.8, 4) is 11.5 Å². The molecule has 11 heteroatoms. The zero-order valence-electron chi connectivity index (χ0n) is 25.1. The minimum Gasteiger partial charge on any atom is -0.497 e. The van der Waals surface area contributed by atoms with E-state index in [1.54, 1.807) is 54.1 Å². The van der Waals surface area contributed by atoms with Crippen molar-refractivity contribution in [1.82, 2.24) is 13.6 Å². The highest BCUT2D eigenvalue weighted by Gasteiger charge is 2.41. The quantitative estimate of drug-likeness (QED) is 0.365. The first-order valence-electron chi connectivity index (χ1n) is 15.2. The van der Waals surface area contributed by atoms with Gasteiger partial charge in [0.25, 0.3) is 0 Å². The third-order valence-electron chi connectivity index (χ3n) is 9.62. The molecule has 1 aromatic carbocycles. The van der Waals surface area contributed by atoms with Crippen LogP contribution in [0.15, 0.2) is 41.6 Å². The molecular weight excluding hydrogens is 574 g/mol. The van der Waals surface area contributed by atoms with E-state index in [4.69, 9.17) is 9.47 Å². The van der Waals surface area contributed by atoms with Gasteiger partial charge in [0.05, 0.1) is 23.9 Å². The van der Waals surface area contributed by atoms with E-state index in [2.05, 4.69) is 4.98 Å². The monoisotopic (exact) mass is 619 g/mol. The Morgan fingerprint density at radius 3 is 2.17 bits per heavy atom. The minimum absolute atomic E-state index is 0.0623. The maximum atomic E-state index is 13.7. The lowest BCUT2D eigenvalue weighted by Crippen LogP contribution is -2.46. The average molecular weight is 620 g/mol. The standard InChI is InChI=1S/C31H45N3O6S2/c1-24-22-29(39-3)23-25(2)30(24)42(37,38)34-18-4-6-26(34)7-5-21-41(35,36)33-19-14-31(15-20-33)12-8-27(9-13-31)40-28-10-16-32-17-11-28/h10-11,16-17,22-23,26-27H,4-9,12-15,18-21H2,1-3H3/t26-/m0/s1. The van der Waals surface area contributed by atoms with Gasteiger partial charge in [0.15, 0.2) is 0 Å². The van der Waals surface area contributed by atoms with Crippen LogP contribution < -0.4 is 9.47 Å². The van der Waals surface area contributed by atoms with E-state index in [1.165, 1.54) is 0 Å². The molecule has 3 aliphatic rings. The molecule has 0 bridgehead atoms. The Balaban J connectivity index is 1.11. The Hall–Kier alpha value is -2.21. The van der Waals surface area contributed by atoms with Crippen LogP contribution in [0.25, 0.3) is 0 Å². The van der Waals surface area contributed by atoms with Crippen molar-refractivity contribution in [2.24, 2.45) is 5.41 Å². The van der Waals surface area contributed by atoms with Gasteiger partial charge in [-0.25, -0.2) is 21.1 Å². The molecule has 0 unspecified atom stereocenters. The fourth-order valence-electron chi connectivity index (χ4n) is 7.27. The van der Waals surface area contributed by atoms with Crippen LogP contribution in [-0.2, 0) is 20.0 Å². The molecule has 0 N–H and O–H groups in total. The molecule has 1 saturated carbocycles. The summed E-state index contributed by atoms with van der Waals surface area (Å²) in [7, 11) is -5.51. The summed E-state index contributed by atoms with van der Waals surface area (Å²) in [5.74, 6) is 1.56. The van der Waals surface area contributed by atoms with Crippen LogP contribution in [0.5, 0.6) is 11.5 Å². The number of rotatable bonds is 10. The van der Waals surface area contributed by atoms with E-state index in [0.717, 1.165) is 57.1 Å². The fourth-order valence-corrected chi connectivity index (χ4v) is 10.9. The van der Waals surface area contributed by atoms with Crippen molar-refractivity contribution in [3.63, 3.8) is 0 Å². The summed E-state index contributed by atoms with van der Waals surface area (Å²) in [6.45, 7) is 5.19. The first kappa shape index (κ1) is 31.2. The van der Waals surface area contributed by atoms with Crippen molar-refractivity contribution in [2.45, 2.75) is 95.1 Å². The van der Waals surface area contributed by atoms with Gasteiger partial charge >= 0.3 is 0 Å². The third kappa shape index (κ3) is 6.79. The smallest absolute Gasteiger partial charge is 0.243 e. The maximum absolute atomic E-state index is 13.7. The van der Waals surface area contributed by atoms with Crippen LogP contribution >= 0.6 is 0 Å². The zero-order valence-corrected chi connectivity index (χ0v) is 26.8. The summed E-state index contributed by atoms with van der Waals surface area (Å²) in [4.78, 5) is 4.38. The van der Waals surface area contributed by atoms with Crippen LogP contribution in [0, 0.1) is 19.3 Å². The lowest BCUT2D eigenvalue weighted by Gasteiger charge is -2.45. The first-order chi connectivity index (χ1) is 20.0. The molecule has 2 saturated heterocycles. The minimum atomic E-state index is -3.69. The fraction of sp³-hybridized carbons (Fsp3) is 0.645. The predicted molar refractivity (Wildman–Crippen MR) is 163 cm³/mol. The summed E-state index contributed by atoms with van der Waals surface area (Å²) >= 11 is 0. The van der Waals surface area contributed by atoms with E-state index in [-0.39, 0.29) is 23.3 Å². The van der Waals surface area contributed by atoms with Gasteiger partial charge in [0.2, 0.25) is 20.0 Å². The number of nitrogens with zero attached hydrogens (tertiary/aromatic N) is 3. The van der Waals surface area contributed by atoms with Crippen LogP contribution in [0.1, 0.15) is 75.3 Å². The third-order valence-corrected chi connectivity index (χ3v) is 13.8. The molecule has 3 heterocycles. The second-order valence-corrected chi connectivity index (χ2v) is 16.3. The average Bonchev–Trinajstić information content (AvgIpc) is 3.44. The lowest BCUT2D eigenvalue weighted by atomic mass is 9.68. The maximum Gasteiger partial charge on any atom is 0.243 e. The van der Waals surface area contributed by atoms with E-state index in [0.29, 0.717) is 54.2 Å². The molecule has 9 nitrogen and oxygen atoms in total. The highest BCUT2D eigenvalue weighted by molar-refractivity contribution is 7.89. The number of aryl methyl sites for hydroxylation is 2. The Labute approximate surface area is 251 Å². The molecular formula is C31H45N3O6S2. The van der Waals surface area contributed by atoms with Gasteiger partial charge in [-0.1, -0.05) is 0 Å². The number of methoxy groups -OCH3 is 1. The number of hydrogen-bond donors (Lipinski definition) is 0. The van der Waals surface area contributed by atoms with Crippen LogP contribution in [-0.4, -0.2) is 75.1 Å². The van der Waals surface area contributed by atoms with E-state index >= 15 is 0 Å². The molecule has 1 aliphatic carbocycles. The number of piperidine rings is 1. The molecule has 0 amide bonds. The lowest BCUT2D eigenvalue weighted by molar-refractivity contribution is 0.0433. The van der Waals surface area contributed by atoms with Crippen LogP contribution in [0.3, 0.4) is 0 Å². The molecule has 0 radical (unpaired) electrons. The highest BCUT2D eigenvalue weighted by atomic mass is 32.2. The van der Waals surface area contributed by atoms with Crippen molar-refractivity contribution in [2.75, 3.05) is 32.5 Å². The van der Waals surface area contributed by atoms with Crippen molar-refractivity contribution < 1.29 is 26.3 Å². The first-order valence-corrected chi connectivity index (χ1v) is 18.3. The Bertz CT molecular complexity index is 1410. The van der Waals surface area contributed by atoms with Gasteiger partial charge in [0.1, 0.15) is 11.5 Å². The van der Waals surface area contributed by atoms with Gasteiger partial charge in [-0.2, -0.15) is 4.31 Å². The van der Waals surface area contributed by atoms with Crippen molar-refractivity contribution in [1.29, 1.82) is 0 Å². The largest absolute Gasteiger partial charge is 0.497 e. The van der Waals surface area contributed by atoms with Crippen molar-refractivity contribution >= 4 is 20.0 Å². The number of ether oxygens (including phenoxy) is 2. The van der Waals surface area contributed by atoms with Gasteiger partial charge in [0, 0.05) is 38.1 Å². The van der Waals surface area contributed by atoms with E-state index in [1.807, 2.05) is 12.1 Å². The normalized spacial score (nSPS) is 22.4. The molecule has 1 aromatic heterocycles. The van der Waals surface area contributed by atoms with E-state index < -0.39 is 20.0 Å². The summed E-state index contributed by atoms with van der Waals surface area (Å²) < 4.78 is 68.7. The highest BCUT2D eigenvalue weighted by Crippen LogP contribution is 2.46. The summed E-state index contributed by atoms with van der Waals surface area (Å²) in [5.41, 5.74) is 1.54. The number of pyridine rings is 1. The topological polar surface area (TPSA) is 106 Å². The number of sulfonamides is 2. The molecule has 1 atom stereocenters. The van der Waals surface area contributed by atoms with Crippen LogP contribution in [0.4, 0.5) is 0 Å². The molecule has 5 rings (SSSR count). The SMILES string of the molecule is COc1cc(C)c(S(=O)(=O)N2CCC[C@H]2CCCS(=O)(=O)N2CCC3(CCC(Oc4ccncc4)CC3)CC2)c(C)c1. The van der Waals surface area contributed by atoms with E-state index in [9.17, 15) is 16.8 Å². The molecule has 2 aliphatic heterocycles. The Kier molecular flexibility index (Phi) is 9.51. The van der Waals surface area contributed by atoms with Gasteiger partial charge in [-0.05, 0) is 119 Å². The second kappa shape index (κ2) is 12.8. The molecule has 3 fully saturated rings. The van der Waals surface area contributed by atoms with Gasteiger partial charge in [-0.15, -0.1) is 0 Å². The summed E-state index contributed by atoms with van der Waals surface area (Å²) in [6.07, 6.45) is 12.1. The zero-order chi connectivity index (χ0) is 30.0. The molecule has 2 aromatic rings. The van der Waals surface area contributed by atoms with Gasteiger partial charge < -0.3 is 9.47 Å². The number of benzene rings is 1. The van der Waals surface area contributed by atoms with Crippen LogP contribution in [0.2, 0.25) is 0 Å². The number of hydrogen-bond acceptors (Lipinski definition) is 7. The Morgan fingerprint density at radius 1 is 0.905 bits per heavy atom.